The molecule has 1 aliphatic rings. The zero-order valence-electron chi connectivity index (χ0n) is 20.2. The number of hydrogen-bond donors (Lipinski definition) is 0. The minimum Gasteiger partial charge on any atom is -0.366 e. The molecular formula is C27H41NO4. The summed E-state index contributed by atoms with van der Waals surface area (Å²) in [5, 5.41) is 1.39. The average molecular weight is 444 g/mol. The highest BCUT2D eigenvalue weighted by molar-refractivity contribution is 5.68. The van der Waals surface area contributed by atoms with Gasteiger partial charge in [0.05, 0.1) is 0 Å². The van der Waals surface area contributed by atoms with Crippen molar-refractivity contribution in [2.75, 3.05) is 20.4 Å². The third-order valence-corrected chi connectivity index (χ3v) is 4.98. The van der Waals surface area contributed by atoms with Crippen LogP contribution in [0.25, 0.3) is 0 Å². The van der Waals surface area contributed by atoms with Gasteiger partial charge in [0.1, 0.15) is 13.0 Å². The summed E-state index contributed by atoms with van der Waals surface area (Å²) in [6.45, 7) is 4.95. The van der Waals surface area contributed by atoms with Crippen LogP contribution in [0.15, 0.2) is 59.3 Å². The van der Waals surface area contributed by atoms with E-state index in [0.717, 1.165) is 44.8 Å². The third kappa shape index (κ3) is 14.7. The number of hydrogen-bond acceptors (Lipinski definition) is 5. The molecule has 0 aromatic carbocycles. The SMILES string of the molecule is CCC=CC(=CCC1=CC(C)=CC=CCCC1)CCCC(=O)ON(C)COCCCC=O. The van der Waals surface area contributed by atoms with Crippen molar-refractivity contribution in [3.8, 4) is 0 Å². The number of hydroxylamine groups is 2. The normalized spacial score (nSPS) is 15.2. The Kier molecular flexibility index (Phi) is 15.9. The van der Waals surface area contributed by atoms with E-state index < -0.39 is 0 Å². The molecule has 5 heteroatoms. The molecule has 0 aromatic heterocycles. The van der Waals surface area contributed by atoms with Crippen LogP contribution < -0.4 is 0 Å². The van der Waals surface area contributed by atoms with Crippen LogP contribution in [0, 0.1) is 0 Å². The fourth-order valence-corrected chi connectivity index (χ4v) is 3.30. The molecule has 0 aliphatic heterocycles. The van der Waals surface area contributed by atoms with Crippen molar-refractivity contribution < 1.29 is 19.2 Å². The predicted octanol–water partition coefficient (Wildman–Crippen LogP) is 6.40. The first-order valence-electron chi connectivity index (χ1n) is 11.9. The number of nitrogens with zero attached hydrogens (tertiary/aromatic N) is 1. The van der Waals surface area contributed by atoms with Crippen molar-refractivity contribution in [3.63, 3.8) is 0 Å². The monoisotopic (exact) mass is 443 g/mol. The Balaban J connectivity index is 2.47. The van der Waals surface area contributed by atoms with Gasteiger partial charge in [-0.1, -0.05) is 66.2 Å². The molecule has 0 fully saturated rings. The maximum absolute atomic E-state index is 12.1. The van der Waals surface area contributed by atoms with Gasteiger partial charge in [0, 0.05) is 26.5 Å². The van der Waals surface area contributed by atoms with E-state index in [1.54, 1.807) is 7.05 Å². The molecule has 178 valence electrons. The second-order valence-electron chi connectivity index (χ2n) is 8.12. The summed E-state index contributed by atoms with van der Waals surface area (Å²) in [5.41, 5.74) is 4.02. The van der Waals surface area contributed by atoms with Crippen molar-refractivity contribution in [2.45, 2.75) is 78.1 Å². The van der Waals surface area contributed by atoms with Gasteiger partial charge in [0.15, 0.2) is 0 Å². The van der Waals surface area contributed by atoms with E-state index in [4.69, 9.17) is 9.57 Å². The maximum atomic E-state index is 12.1. The summed E-state index contributed by atoms with van der Waals surface area (Å²) in [6, 6.07) is 0. The van der Waals surface area contributed by atoms with Crippen molar-refractivity contribution in [2.24, 2.45) is 0 Å². The van der Waals surface area contributed by atoms with Gasteiger partial charge in [-0.15, -0.1) is 5.06 Å². The van der Waals surface area contributed by atoms with Crippen LogP contribution in [-0.2, 0) is 19.2 Å². The molecule has 0 N–H and O–H groups in total. The van der Waals surface area contributed by atoms with E-state index in [0.29, 0.717) is 25.9 Å². The Labute approximate surface area is 194 Å². The quantitative estimate of drug-likeness (QED) is 0.0964. The molecule has 0 saturated carbocycles. The molecular weight excluding hydrogens is 402 g/mol. The lowest BCUT2D eigenvalue weighted by molar-refractivity contribution is -0.204. The van der Waals surface area contributed by atoms with Crippen LogP contribution >= 0.6 is 0 Å². The van der Waals surface area contributed by atoms with E-state index in [1.807, 2.05) is 0 Å². The number of ether oxygens (including phenoxy) is 1. The molecule has 0 bridgehead atoms. The fourth-order valence-electron chi connectivity index (χ4n) is 3.30. The van der Waals surface area contributed by atoms with Crippen molar-refractivity contribution in [3.05, 3.63) is 59.3 Å². The van der Waals surface area contributed by atoms with Gasteiger partial charge in [-0.2, -0.15) is 0 Å². The zero-order chi connectivity index (χ0) is 23.4. The number of rotatable bonds is 15. The highest BCUT2D eigenvalue weighted by Crippen LogP contribution is 2.20. The van der Waals surface area contributed by atoms with Gasteiger partial charge in [0.2, 0.25) is 0 Å². The molecule has 0 unspecified atom stereocenters. The van der Waals surface area contributed by atoms with Crippen LogP contribution in [0.5, 0.6) is 0 Å². The van der Waals surface area contributed by atoms with E-state index in [9.17, 15) is 9.59 Å². The molecule has 0 aromatic rings. The minimum atomic E-state index is -0.255. The van der Waals surface area contributed by atoms with Crippen LogP contribution in [0.1, 0.15) is 78.1 Å². The molecule has 5 nitrogen and oxygen atoms in total. The van der Waals surface area contributed by atoms with Gasteiger partial charge < -0.3 is 14.4 Å². The van der Waals surface area contributed by atoms with Crippen LogP contribution in [-0.4, -0.2) is 37.7 Å². The van der Waals surface area contributed by atoms with Crippen molar-refractivity contribution in [1.29, 1.82) is 0 Å². The van der Waals surface area contributed by atoms with Crippen LogP contribution in [0.3, 0.4) is 0 Å². The zero-order valence-corrected chi connectivity index (χ0v) is 20.2. The maximum Gasteiger partial charge on any atom is 0.325 e. The lowest BCUT2D eigenvalue weighted by atomic mass is 9.99. The Morgan fingerprint density at radius 3 is 2.88 bits per heavy atom. The summed E-state index contributed by atoms with van der Waals surface area (Å²) in [6.07, 6.45) is 24.9. The molecule has 1 rings (SSSR count). The van der Waals surface area contributed by atoms with Crippen molar-refractivity contribution >= 4 is 12.3 Å². The van der Waals surface area contributed by atoms with Gasteiger partial charge in [-0.25, -0.2) is 0 Å². The van der Waals surface area contributed by atoms with E-state index >= 15 is 0 Å². The Morgan fingerprint density at radius 1 is 1.25 bits per heavy atom. The molecule has 0 amide bonds. The topological polar surface area (TPSA) is 55.8 Å². The number of carbonyl (C=O) groups is 2. The van der Waals surface area contributed by atoms with Crippen LogP contribution in [0.2, 0.25) is 0 Å². The standard InChI is InChI=1S/C27H41NO4/c1-4-5-14-25(18-19-26-15-9-7-6-8-13-24(2)22-26)16-12-17-27(30)32-28(3)23-31-21-11-10-20-29/h5-6,8,13-14,18,20,22H,4,7,9-12,15-17,19,21,23H2,1-3H3. The first-order chi connectivity index (χ1) is 15.5. The van der Waals surface area contributed by atoms with E-state index in [-0.39, 0.29) is 12.7 Å². The Hall–Kier alpha value is -2.24. The molecule has 0 saturated heterocycles. The number of allylic oxidation sites excluding steroid dienone is 10. The molecule has 0 radical (unpaired) electrons. The van der Waals surface area contributed by atoms with E-state index in [1.165, 1.54) is 28.2 Å². The van der Waals surface area contributed by atoms with Gasteiger partial charge in [0.25, 0.3) is 0 Å². The lowest BCUT2D eigenvalue weighted by Gasteiger charge is -2.16. The van der Waals surface area contributed by atoms with Crippen molar-refractivity contribution in [1.82, 2.24) is 5.06 Å². The third-order valence-electron chi connectivity index (χ3n) is 4.98. The molecule has 1 aliphatic carbocycles. The molecule has 0 spiro atoms. The number of unbranched alkanes of at least 4 members (excludes halogenated alkanes) is 1. The Morgan fingerprint density at radius 2 is 2.09 bits per heavy atom. The second kappa shape index (κ2) is 18.3. The summed E-state index contributed by atoms with van der Waals surface area (Å²) in [4.78, 5) is 27.6. The Bertz CT molecular complexity index is 700. The predicted molar refractivity (Wildman–Crippen MR) is 131 cm³/mol. The fraction of sp³-hybridized carbons (Fsp3) is 0.556. The molecule has 0 atom stereocenters. The highest BCUT2D eigenvalue weighted by Gasteiger charge is 2.08. The smallest absolute Gasteiger partial charge is 0.325 e. The summed E-state index contributed by atoms with van der Waals surface area (Å²) >= 11 is 0. The summed E-state index contributed by atoms with van der Waals surface area (Å²) in [7, 11) is 1.67. The number of carbonyl (C=O) groups excluding carboxylic acids is 2. The van der Waals surface area contributed by atoms with Gasteiger partial charge in [-0.3, -0.25) is 4.79 Å². The minimum absolute atomic E-state index is 0.202. The van der Waals surface area contributed by atoms with Gasteiger partial charge >= 0.3 is 5.97 Å². The average Bonchev–Trinajstić information content (AvgIpc) is 2.86. The molecule has 32 heavy (non-hydrogen) atoms. The van der Waals surface area contributed by atoms with E-state index in [2.05, 4.69) is 56.4 Å². The lowest BCUT2D eigenvalue weighted by Crippen LogP contribution is -2.26. The largest absolute Gasteiger partial charge is 0.366 e. The van der Waals surface area contributed by atoms with Gasteiger partial charge in [-0.05, 0) is 58.3 Å². The molecule has 0 heterocycles. The second-order valence-corrected chi connectivity index (χ2v) is 8.12. The first-order valence-corrected chi connectivity index (χ1v) is 11.9. The number of aldehydes is 1. The summed E-state index contributed by atoms with van der Waals surface area (Å²) in [5.74, 6) is -0.255. The van der Waals surface area contributed by atoms with Crippen LogP contribution in [0.4, 0.5) is 0 Å². The highest BCUT2D eigenvalue weighted by atomic mass is 16.7. The first kappa shape index (κ1) is 27.8. The summed E-state index contributed by atoms with van der Waals surface area (Å²) < 4.78 is 5.37.